The number of rotatable bonds is 4. The quantitative estimate of drug-likeness (QED) is 0.462. The van der Waals surface area contributed by atoms with Crippen LogP contribution < -0.4 is 5.32 Å². The molecule has 0 spiro atoms. The zero-order chi connectivity index (χ0) is 23.3. The Hall–Kier alpha value is -3.12. The molecule has 6 heteroatoms. The summed E-state index contributed by atoms with van der Waals surface area (Å²) in [5.41, 5.74) is 8.65. The van der Waals surface area contributed by atoms with Crippen molar-refractivity contribution in [1.82, 2.24) is 24.8 Å². The van der Waals surface area contributed by atoms with Crippen molar-refractivity contribution < 1.29 is 4.79 Å². The predicted octanol–water partition coefficient (Wildman–Crippen LogP) is 5.08. The maximum Gasteiger partial charge on any atom is 0.257 e. The lowest BCUT2D eigenvalue weighted by molar-refractivity contribution is 0.0829. The minimum atomic E-state index is -0.0334. The first-order valence-corrected chi connectivity index (χ1v) is 11.9. The molecule has 1 fully saturated rings. The van der Waals surface area contributed by atoms with Crippen LogP contribution in [0.2, 0.25) is 0 Å². The lowest BCUT2D eigenvalue weighted by Crippen LogP contribution is -2.26. The maximum absolute atomic E-state index is 12.7. The summed E-state index contributed by atoms with van der Waals surface area (Å²) >= 11 is 0. The lowest BCUT2D eigenvalue weighted by atomic mass is 9.88. The van der Waals surface area contributed by atoms with E-state index in [4.69, 9.17) is 0 Å². The lowest BCUT2D eigenvalue weighted by Gasteiger charge is -2.23. The van der Waals surface area contributed by atoms with Crippen LogP contribution in [0.4, 0.5) is 0 Å². The fraction of sp³-hybridized carbons (Fsp3) is 0.407. The van der Waals surface area contributed by atoms with Crippen LogP contribution in [-0.4, -0.2) is 52.6 Å². The number of aromatic nitrogens is 3. The summed E-state index contributed by atoms with van der Waals surface area (Å²) in [5, 5.41) is 9.26. The minimum Gasteiger partial charge on any atom is -0.354 e. The number of nitrogens with one attached hydrogen (secondary N) is 2. The molecule has 2 N–H and O–H groups in total. The van der Waals surface area contributed by atoms with Gasteiger partial charge in [0.05, 0.1) is 23.0 Å². The molecule has 0 saturated carbocycles. The molecule has 172 valence electrons. The summed E-state index contributed by atoms with van der Waals surface area (Å²) in [6.45, 7) is 8.75. The minimum absolute atomic E-state index is 0.0334. The van der Waals surface area contributed by atoms with E-state index in [-0.39, 0.29) is 5.91 Å². The summed E-state index contributed by atoms with van der Waals surface area (Å²) in [7, 11) is 3.55. The molecule has 3 aromatic heterocycles. The molecule has 0 radical (unpaired) electrons. The van der Waals surface area contributed by atoms with Crippen molar-refractivity contribution >= 4 is 22.3 Å². The third kappa shape index (κ3) is 3.72. The first kappa shape index (κ1) is 21.7. The van der Waals surface area contributed by atoms with E-state index in [9.17, 15) is 4.79 Å². The molecule has 4 aromatic rings. The molecule has 5 rings (SSSR count). The van der Waals surface area contributed by atoms with Crippen molar-refractivity contribution in [1.29, 1.82) is 0 Å². The van der Waals surface area contributed by atoms with E-state index in [0.29, 0.717) is 17.4 Å². The molecule has 1 aromatic carbocycles. The highest BCUT2D eigenvalue weighted by Gasteiger charge is 2.22. The van der Waals surface area contributed by atoms with Gasteiger partial charge in [-0.2, -0.15) is 5.10 Å². The van der Waals surface area contributed by atoms with Crippen LogP contribution >= 0.6 is 0 Å². The molecule has 1 aliphatic heterocycles. The molecule has 1 amide bonds. The molecule has 4 heterocycles. The number of aryl methyl sites for hydroxylation is 1. The fourth-order valence-electron chi connectivity index (χ4n) is 5.27. The number of aromatic amines is 1. The zero-order valence-electron chi connectivity index (χ0n) is 20.2. The molecule has 33 heavy (non-hydrogen) atoms. The number of benzene rings is 1. The Bertz CT molecular complexity index is 1340. The largest absolute Gasteiger partial charge is 0.354 e. The van der Waals surface area contributed by atoms with Crippen LogP contribution in [0.15, 0.2) is 36.5 Å². The van der Waals surface area contributed by atoms with Crippen LogP contribution in [0.5, 0.6) is 0 Å². The van der Waals surface area contributed by atoms with E-state index in [0.717, 1.165) is 35.6 Å². The van der Waals surface area contributed by atoms with Gasteiger partial charge in [0.2, 0.25) is 0 Å². The van der Waals surface area contributed by atoms with Crippen molar-refractivity contribution in [3.8, 4) is 11.3 Å². The Kier molecular flexibility index (Phi) is 5.49. The second kappa shape index (κ2) is 8.34. The van der Waals surface area contributed by atoms with Gasteiger partial charge in [-0.15, -0.1) is 0 Å². The third-order valence-corrected chi connectivity index (χ3v) is 6.97. The van der Waals surface area contributed by atoms with Gasteiger partial charge in [0.15, 0.2) is 0 Å². The van der Waals surface area contributed by atoms with Crippen LogP contribution in [0, 0.1) is 6.92 Å². The molecule has 1 aliphatic rings. The van der Waals surface area contributed by atoms with Crippen LogP contribution in [0.1, 0.15) is 65.7 Å². The second-order valence-electron chi connectivity index (χ2n) is 9.84. The number of carbonyl (C=O) groups excluding carboxylic acids is 1. The Morgan fingerprint density at radius 2 is 1.91 bits per heavy atom. The molecule has 0 unspecified atom stereocenters. The first-order chi connectivity index (χ1) is 15.8. The van der Waals surface area contributed by atoms with E-state index in [1.165, 1.54) is 34.9 Å². The predicted molar refractivity (Wildman–Crippen MR) is 134 cm³/mol. The number of nitrogens with zero attached hydrogens (tertiary/aromatic N) is 3. The van der Waals surface area contributed by atoms with Crippen LogP contribution in [0.25, 0.3) is 27.7 Å². The molecular weight excluding hydrogens is 410 g/mol. The van der Waals surface area contributed by atoms with Gasteiger partial charge < -0.3 is 15.2 Å². The average Bonchev–Trinajstić information content (AvgIpc) is 3.40. The highest BCUT2D eigenvalue weighted by atomic mass is 16.2. The first-order valence-electron chi connectivity index (χ1n) is 11.9. The van der Waals surface area contributed by atoms with Gasteiger partial charge in [0.1, 0.15) is 0 Å². The van der Waals surface area contributed by atoms with Crippen molar-refractivity contribution in [2.24, 2.45) is 0 Å². The van der Waals surface area contributed by atoms with Gasteiger partial charge in [0.25, 0.3) is 5.91 Å². The topological polar surface area (TPSA) is 65.4 Å². The summed E-state index contributed by atoms with van der Waals surface area (Å²) in [6, 6.07) is 11.2. The third-order valence-electron chi connectivity index (χ3n) is 6.97. The number of amides is 1. The summed E-state index contributed by atoms with van der Waals surface area (Å²) < 4.78 is 1.85. The fourth-order valence-corrected chi connectivity index (χ4v) is 5.27. The summed E-state index contributed by atoms with van der Waals surface area (Å²) in [4.78, 5) is 18.1. The number of hydrogen-bond acceptors (Lipinski definition) is 3. The normalized spacial score (nSPS) is 15.1. The maximum atomic E-state index is 12.7. The van der Waals surface area contributed by atoms with Crippen molar-refractivity contribution in [2.75, 3.05) is 27.2 Å². The standard InChI is InChI=1S/C27H33N5O/c1-16(2)25-21-13-19(18-8-10-28-11-9-18)6-7-23(21)30-26(25)20-12-17(3)32-24(14-20)22(15-29-32)27(33)31(4)5/h6-7,12-16,18,28,30H,8-11H2,1-5H3. The number of piperidine rings is 1. The molecule has 1 saturated heterocycles. The smallest absolute Gasteiger partial charge is 0.257 e. The Balaban J connectivity index is 1.68. The van der Waals surface area contributed by atoms with Gasteiger partial charge in [-0.1, -0.05) is 19.9 Å². The highest BCUT2D eigenvalue weighted by Crippen LogP contribution is 2.38. The molecule has 6 nitrogen and oxygen atoms in total. The summed E-state index contributed by atoms with van der Waals surface area (Å²) in [5.74, 6) is 0.953. The van der Waals surface area contributed by atoms with Gasteiger partial charge in [-0.25, -0.2) is 4.52 Å². The number of carbonyl (C=O) groups is 1. The Morgan fingerprint density at radius 1 is 1.15 bits per heavy atom. The van der Waals surface area contributed by atoms with Crippen molar-refractivity contribution in [3.05, 3.63) is 58.9 Å². The van der Waals surface area contributed by atoms with Gasteiger partial charge in [0, 0.05) is 36.3 Å². The molecule has 0 aliphatic carbocycles. The van der Waals surface area contributed by atoms with E-state index >= 15 is 0 Å². The zero-order valence-corrected chi connectivity index (χ0v) is 20.2. The monoisotopic (exact) mass is 443 g/mol. The van der Waals surface area contributed by atoms with Gasteiger partial charge in [-0.05, 0) is 80.1 Å². The van der Waals surface area contributed by atoms with Crippen molar-refractivity contribution in [2.45, 2.75) is 45.4 Å². The molecule has 0 bridgehead atoms. The number of hydrogen-bond donors (Lipinski definition) is 2. The van der Waals surface area contributed by atoms with E-state index in [1.54, 1.807) is 25.2 Å². The van der Waals surface area contributed by atoms with Crippen LogP contribution in [-0.2, 0) is 0 Å². The number of pyridine rings is 1. The second-order valence-corrected chi connectivity index (χ2v) is 9.84. The van der Waals surface area contributed by atoms with Gasteiger partial charge >= 0.3 is 0 Å². The number of fused-ring (bicyclic) bond motifs is 2. The SMILES string of the molecule is Cc1cc(-c2[nH]c3ccc(C4CCNCC4)cc3c2C(C)C)cc2c(C(=O)N(C)C)cnn12. The van der Waals surface area contributed by atoms with E-state index in [2.05, 4.69) is 59.6 Å². The summed E-state index contributed by atoms with van der Waals surface area (Å²) in [6.07, 6.45) is 4.06. The average molecular weight is 444 g/mol. The van der Waals surface area contributed by atoms with E-state index in [1.807, 2.05) is 11.4 Å². The molecule has 0 atom stereocenters. The van der Waals surface area contributed by atoms with Crippen molar-refractivity contribution in [3.63, 3.8) is 0 Å². The van der Waals surface area contributed by atoms with Gasteiger partial charge in [-0.3, -0.25) is 4.79 Å². The number of H-pyrrole nitrogens is 1. The molecular formula is C27H33N5O. The highest BCUT2D eigenvalue weighted by molar-refractivity contribution is 6.01. The Morgan fingerprint density at radius 3 is 2.61 bits per heavy atom. The Labute approximate surface area is 195 Å². The van der Waals surface area contributed by atoms with E-state index < -0.39 is 0 Å². The van der Waals surface area contributed by atoms with Crippen LogP contribution in [0.3, 0.4) is 0 Å².